The first kappa shape index (κ1) is 7.83. The fourth-order valence-electron chi connectivity index (χ4n) is 0.598. The van der Waals surface area contributed by atoms with Gasteiger partial charge in [-0.2, -0.15) is 4.39 Å². The second kappa shape index (κ2) is 2.77. The third-order valence-corrected chi connectivity index (χ3v) is 1.06. The van der Waals surface area contributed by atoms with E-state index in [2.05, 4.69) is 4.98 Å². The summed E-state index contributed by atoms with van der Waals surface area (Å²) in [5, 5.41) is 8.66. The van der Waals surface area contributed by atoms with Crippen LogP contribution in [0.25, 0.3) is 0 Å². The zero-order valence-electron chi connectivity index (χ0n) is 5.41. The maximum Gasteiger partial charge on any atom is 0.273 e. The van der Waals surface area contributed by atoms with Gasteiger partial charge in [-0.3, -0.25) is 4.79 Å². The summed E-state index contributed by atoms with van der Waals surface area (Å²) in [5.74, 6) is -0.885. The molecule has 1 unspecified atom stereocenters. The Morgan fingerprint density at radius 2 is 2.45 bits per heavy atom. The van der Waals surface area contributed by atoms with Gasteiger partial charge in [0.15, 0.2) is 11.9 Å². The van der Waals surface area contributed by atoms with Crippen molar-refractivity contribution in [1.29, 1.82) is 0 Å². The van der Waals surface area contributed by atoms with Crippen LogP contribution >= 0.6 is 0 Å². The third kappa shape index (κ3) is 1.60. The molecule has 0 radical (unpaired) electrons. The molecule has 1 atom stereocenters. The van der Waals surface area contributed by atoms with Crippen molar-refractivity contribution in [2.24, 2.45) is 5.73 Å². The third-order valence-electron chi connectivity index (χ3n) is 1.06. The van der Waals surface area contributed by atoms with Gasteiger partial charge in [-0.25, -0.2) is 4.98 Å². The zero-order chi connectivity index (χ0) is 8.43. The van der Waals surface area contributed by atoms with Crippen LogP contribution in [0, 0.1) is 5.95 Å². The number of hydrogen-bond donors (Lipinski definition) is 3. The normalized spacial score (nSPS) is 13.0. The van der Waals surface area contributed by atoms with Crippen molar-refractivity contribution >= 4 is 0 Å². The van der Waals surface area contributed by atoms with E-state index in [1.807, 2.05) is 4.98 Å². The maximum atomic E-state index is 12.3. The lowest BCUT2D eigenvalue weighted by molar-refractivity contribution is 0.178. The number of rotatable bonds is 1. The highest BCUT2D eigenvalue weighted by atomic mass is 19.1. The Bertz CT molecular complexity index is 309. The van der Waals surface area contributed by atoms with Crippen molar-refractivity contribution in [2.75, 3.05) is 0 Å². The van der Waals surface area contributed by atoms with Crippen molar-refractivity contribution in [1.82, 2.24) is 9.97 Å². The quantitative estimate of drug-likeness (QED) is 0.451. The van der Waals surface area contributed by atoms with Crippen LogP contribution in [0.15, 0.2) is 11.0 Å². The summed E-state index contributed by atoms with van der Waals surface area (Å²) in [6.07, 6.45) is -0.761. The van der Waals surface area contributed by atoms with Crippen LogP contribution in [0.5, 0.6) is 0 Å². The van der Waals surface area contributed by atoms with Gasteiger partial charge in [-0.15, -0.1) is 0 Å². The average Bonchev–Trinajstić information content (AvgIpc) is 1.94. The summed E-state index contributed by atoms with van der Waals surface area (Å²) < 4.78 is 12.3. The van der Waals surface area contributed by atoms with E-state index < -0.39 is 23.4 Å². The number of nitrogens with two attached hydrogens (primary N) is 1. The largest absolute Gasteiger partial charge is 0.373 e. The summed E-state index contributed by atoms with van der Waals surface area (Å²) in [6, 6.07) is 0. The number of hydrogen-bond acceptors (Lipinski definition) is 4. The molecule has 1 aromatic heterocycles. The van der Waals surface area contributed by atoms with Gasteiger partial charge in [-0.05, 0) is 0 Å². The van der Waals surface area contributed by atoms with E-state index >= 15 is 0 Å². The smallest absolute Gasteiger partial charge is 0.273 e. The standard InChI is InChI=1S/C5H6FN3O2/c6-2-1-8-5(11)3(9-2)4(7)10/h1,4,10H,7H2,(H,8,11). The van der Waals surface area contributed by atoms with Crippen LogP contribution in [0.3, 0.4) is 0 Å². The first-order valence-corrected chi connectivity index (χ1v) is 2.80. The molecule has 0 fully saturated rings. The molecule has 5 nitrogen and oxygen atoms in total. The molecule has 0 aliphatic rings. The SMILES string of the molecule is NC(O)c1nc(F)c[nH]c1=O. The first-order valence-electron chi connectivity index (χ1n) is 2.80. The van der Waals surface area contributed by atoms with Crippen molar-refractivity contribution in [3.63, 3.8) is 0 Å². The molecule has 0 aliphatic heterocycles. The molecule has 1 aromatic rings. The summed E-state index contributed by atoms with van der Waals surface area (Å²) in [5.41, 5.74) is 3.77. The van der Waals surface area contributed by atoms with Crippen LogP contribution in [0.2, 0.25) is 0 Å². The Balaban J connectivity index is 3.24. The molecular formula is C5H6FN3O2. The summed E-state index contributed by atoms with van der Waals surface area (Å²) >= 11 is 0. The van der Waals surface area contributed by atoms with Crippen molar-refractivity contribution in [2.45, 2.75) is 6.23 Å². The Morgan fingerprint density at radius 1 is 1.82 bits per heavy atom. The lowest BCUT2D eigenvalue weighted by Crippen LogP contribution is -2.23. The molecular weight excluding hydrogens is 153 g/mol. The molecule has 0 saturated carbocycles. The van der Waals surface area contributed by atoms with Crippen LogP contribution in [0.4, 0.5) is 4.39 Å². The van der Waals surface area contributed by atoms with E-state index in [-0.39, 0.29) is 0 Å². The Hall–Kier alpha value is -1.27. The number of nitrogens with zero attached hydrogens (tertiary/aromatic N) is 1. The molecule has 0 aliphatic carbocycles. The lowest BCUT2D eigenvalue weighted by Gasteiger charge is -2.00. The fraction of sp³-hybridized carbons (Fsp3) is 0.200. The molecule has 1 heterocycles. The molecule has 4 N–H and O–H groups in total. The van der Waals surface area contributed by atoms with Gasteiger partial charge in [0, 0.05) is 0 Å². The second-order valence-electron chi connectivity index (χ2n) is 1.88. The van der Waals surface area contributed by atoms with Gasteiger partial charge in [0.1, 0.15) is 0 Å². The van der Waals surface area contributed by atoms with Gasteiger partial charge in [0.2, 0.25) is 5.95 Å². The van der Waals surface area contributed by atoms with Crippen molar-refractivity contribution < 1.29 is 9.50 Å². The number of aromatic nitrogens is 2. The number of nitrogens with one attached hydrogen (secondary N) is 1. The lowest BCUT2D eigenvalue weighted by atomic mass is 10.4. The molecule has 6 heteroatoms. The van der Waals surface area contributed by atoms with E-state index in [1.165, 1.54) is 0 Å². The highest BCUT2D eigenvalue weighted by Gasteiger charge is 2.08. The number of aliphatic hydroxyl groups is 1. The highest BCUT2D eigenvalue weighted by molar-refractivity contribution is 4.98. The molecule has 60 valence electrons. The highest BCUT2D eigenvalue weighted by Crippen LogP contribution is 1.95. The fourth-order valence-corrected chi connectivity index (χ4v) is 0.598. The van der Waals surface area contributed by atoms with E-state index in [1.54, 1.807) is 0 Å². The monoisotopic (exact) mass is 159 g/mol. The molecule has 0 amide bonds. The van der Waals surface area contributed by atoms with Crippen LogP contribution in [0.1, 0.15) is 11.9 Å². The van der Waals surface area contributed by atoms with Crippen LogP contribution in [-0.2, 0) is 0 Å². The van der Waals surface area contributed by atoms with Crippen LogP contribution < -0.4 is 11.3 Å². The Labute approximate surface area is 60.7 Å². The molecule has 0 bridgehead atoms. The number of aromatic amines is 1. The maximum absolute atomic E-state index is 12.3. The van der Waals surface area contributed by atoms with Gasteiger partial charge >= 0.3 is 0 Å². The average molecular weight is 159 g/mol. The number of halogens is 1. The zero-order valence-corrected chi connectivity index (χ0v) is 5.41. The minimum absolute atomic E-state index is 0.426. The van der Waals surface area contributed by atoms with Gasteiger partial charge in [-0.1, -0.05) is 0 Å². The van der Waals surface area contributed by atoms with Crippen LogP contribution in [-0.4, -0.2) is 15.1 Å². The van der Waals surface area contributed by atoms with E-state index in [0.29, 0.717) is 0 Å². The Kier molecular flexibility index (Phi) is 1.97. The minimum atomic E-state index is -1.55. The topological polar surface area (TPSA) is 92.0 Å². The van der Waals surface area contributed by atoms with Crippen molar-refractivity contribution in [3.05, 3.63) is 28.2 Å². The van der Waals surface area contributed by atoms with Gasteiger partial charge in [0.05, 0.1) is 6.20 Å². The number of H-pyrrole nitrogens is 1. The first-order chi connectivity index (χ1) is 5.11. The summed E-state index contributed by atoms with van der Waals surface area (Å²) in [6.45, 7) is 0. The second-order valence-corrected chi connectivity index (χ2v) is 1.88. The molecule has 0 saturated heterocycles. The Morgan fingerprint density at radius 3 is 2.91 bits per heavy atom. The van der Waals surface area contributed by atoms with Gasteiger partial charge < -0.3 is 15.8 Å². The minimum Gasteiger partial charge on any atom is -0.373 e. The molecule has 11 heavy (non-hydrogen) atoms. The van der Waals surface area contributed by atoms with Gasteiger partial charge in [0.25, 0.3) is 5.56 Å². The number of aliphatic hydroxyl groups excluding tert-OH is 1. The van der Waals surface area contributed by atoms with E-state index in [4.69, 9.17) is 10.8 Å². The van der Waals surface area contributed by atoms with Crippen molar-refractivity contribution in [3.8, 4) is 0 Å². The summed E-state index contributed by atoms with van der Waals surface area (Å²) in [7, 11) is 0. The summed E-state index contributed by atoms with van der Waals surface area (Å²) in [4.78, 5) is 15.8. The van der Waals surface area contributed by atoms with E-state index in [0.717, 1.165) is 6.20 Å². The molecule has 0 aromatic carbocycles. The molecule has 0 spiro atoms. The predicted molar refractivity (Wildman–Crippen MR) is 34.0 cm³/mol. The van der Waals surface area contributed by atoms with E-state index in [9.17, 15) is 9.18 Å². The predicted octanol–water partition coefficient (Wildman–Crippen LogP) is -1.14. The molecule has 1 rings (SSSR count).